The highest BCUT2D eigenvalue weighted by Gasteiger charge is 2.24. The van der Waals surface area contributed by atoms with Crippen LogP contribution in [0.5, 0.6) is 0 Å². The molecule has 6 heteroatoms. The van der Waals surface area contributed by atoms with E-state index in [1.807, 2.05) is 32.2 Å². The number of ketones is 1. The predicted octanol–water partition coefficient (Wildman–Crippen LogP) is 4.28. The van der Waals surface area contributed by atoms with Gasteiger partial charge in [0, 0.05) is 28.5 Å². The lowest BCUT2D eigenvalue weighted by atomic mass is 9.85. The van der Waals surface area contributed by atoms with Gasteiger partial charge >= 0.3 is 0 Å². The molecule has 136 valence electrons. The van der Waals surface area contributed by atoms with Crippen LogP contribution >= 0.6 is 0 Å². The zero-order valence-electron chi connectivity index (χ0n) is 15.5. The topological polar surface area (TPSA) is 87.3 Å². The lowest BCUT2D eigenvalue weighted by Gasteiger charge is -2.21. The number of fused-ring (bicyclic) bond motifs is 5. The van der Waals surface area contributed by atoms with Gasteiger partial charge in [-0.3, -0.25) is 15.0 Å². The highest BCUT2D eigenvalue weighted by molar-refractivity contribution is 6.17. The second kappa shape index (κ2) is 6.01. The summed E-state index contributed by atoms with van der Waals surface area (Å²) in [5.74, 6) is 0.0630. The molecular weight excluding hydrogens is 338 g/mol. The highest BCUT2D eigenvalue weighted by Crippen LogP contribution is 2.39. The van der Waals surface area contributed by atoms with E-state index in [0.717, 1.165) is 64.4 Å². The molecular formula is C21H21N5O. The Bertz CT molecular complexity index is 1200. The van der Waals surface area contributed by atoms with E-state index in [2.05, 4.69) is 20.4 Å². The van der Waals surface area contributed by atoms with Gasteiger partial charge in [-0.25, -0.2) is 4.98 Å². The van der Waals surface area contributed by atoms with Gasteiger partial charge in [0.05, 0.1) is 22.9 Å². The SMILES string of the molecule is CCC(=O)c1n[nH]c2ccc3nc(-c4cn[nH]c4C)c4c(c3c12)CCCC4. The summed E-state index contributed by atoms with van der Waals surface area (Å²) in [6, 6.07) is 4.01. The molecule has 0 atom stereocenters. The number of pyridine rings is 1. The number of Topliss-reactive ketones (excluding diaryl/α,β-unsaturated/α-hetero) is 1. The lowest BCUT2D eigenvalue weighted by Crippen LogP contribution is -2.08. The molecule has 27 heavy (non-hydrogen) atoms. The van der Waals surface area contributed by atoms with Crippen LogP contribution in [0.2, 0.25) is 0 Å². The summed E-state index contributed by atoms with van der Waals surface area (Å²) in [5, 5.41) is 16.6. The number of hydrogen-bond donors (Lipinski definition) is 2. The van der Waals surface area contributed by atoms with Crippen molar-refractivity contribution in [1.29, 1.82) is 0 Å². The molecule has 0 amide bonds. The van der Waals surface area contributed by atoms with Crippen LogP contribution in [-0.4, -0.2) is 31.2 Å². The second-order valence-corrected chi connectivity index (χ2v) is 7.26. The van der Waals surface area contributed by atoms with Crippen LogP contribution in [0, 0.1) is 6.92 Å². The summed E-state index contributed by atoms with van der Waals surface area (Å²) in [6.07, 6.45) is 6.62. The van der Waals surface area contributed by atoms with Gasteiger partial charge in [0.25, 0.3) is 0 Å². The van der Waals surface area contributed by atoms with E-state index in [-0.39, 0.29) is 5.78 Å². The number of nitrogens with one attached hydrogen (secondary N) is 2. The number of benzene rings is 1. The van der Waals surface area contributed by atoms with E-state index in [1.165, 1.54) is 11.1 Å². The van der Waals surface area contributed by atoms with Crippen LogP contribution < -0.4 is 0 Å². The van der Waals surface area contributed by atoms with E-state index in [4.69, 9.17) is 4.98 Å². The molecule has 5 rings (SSSR count). The number of carbonyl (C=O) groups is 1. The number of nitrogens with zero attached hydrogens (tertiary/aromatic N) is 3. The fourth-order valence-electron chi connectivity index (χ4n) is 4.31. The molecule has 1 aromatic carbocycles. The summed E-state index contributed by atoms with van der Waals surface area (Å²) in [7, 11) is 0. The number of aromatic nitrogens is 5. The smallest absolute Gasteiger partial charge is 0.183 e. The first kappa shape index (κ1) is 16.2. The average Bonchev–Trinajstić information content (AvgIpc) is 3.32. The van der Waals surface area contributed by atoms with E-state index in [0.29, 0.717) is 12.1 Å². The third-order valence-electron chi connectivity index (χ3n) is 5.67. The van der Waals surface area contributed by atoms with Crippen molar-refractivity contribution in [2.45, 2.75) is 46.0 Å². The Kier molecular flexibility index (Phi) is 3.60. The maximum absolute atomic E-state index is 12.5. The van der Waals surface area contributed by atoms with Crippen LogP contribution in [-0.2, 0) is 12.8 Å². The summed E-state index contributed by atoms with van der Waals surface area (Å²) >= 11 is 0. The first-order valence-corrected chi connectivity index (χ1v) is 9.55. The Morgan fingerprint density at radius 2 is 1.93 bits per heavy atom. The van der Waals surface area contributed by atoms with Gasteiger partial charge in [0.15, 0.2) is 5.78 Å². The minimum atomic E-state index is 0.0630. The van der Waals surface area contributed by atoms with Crippen molar-refractivity contribution in [2.75, 3.05) is 0 Å². The van der Waals surface area contributed by atoms with Crippen molar-refractivity contribution >= 4 is 27.6 Å². The summed E-state index contributed by atoms with van der Waals surface area (Å²) in [4.78, 5) is 17.5. The quantitative estimate of drug-likeness (QED) is 0.534. The van der Waals surface area contributed by atoms with Gasteiger partial charge in [-0.05, 0) is 55.9 Å². The van der Waals surface area contributed by atoms with Crippen molar-refractivity contribution in [1.82, 2.24) is 25.4 Å². The zero-order chi connectivity index (χ0) is 18.5. The Labute approximate surface area is 156 Å². The molecule has 3 aromatic heterocycles. The van der Waals surface area contributed by atoms with Gasteiger partial charge in [-0.1, -0.05) is 6.92 Å². The van der Waals surface area contributed by atoms with Crippen molar-refractivity contribution < 1.29 is 4.79 Å². The number of carbonyl (C=O) groups excluding carboxylic acids is 1. The molecule has 2 N–H and O–H groups in total. The van der Waals surface area contributed by atoms with Gasteiger partial charge in [-0.2, -0.15) is 10.2 Å². The standard InChI is InChI=1S/C21H21N5O/c1-3-17(27)21-19-16(25-26-21)9-8-15-18(19)12-6-4-5-7-13(12)20(23-15)14-10-22-24-11(14)2/h8-10H,3-7H2,1-2H3,(H,22,24)(H,25,26). The fourth-order valence-corrected chi connectivity index (χ4v) is 4.31. The molecule has 0 saturated heterocycles. The Morgan fingerprint density at radius 1 is 1.11 bits per heavy atom. The minimum absolute atomic E-state index is 0.0630. The third-order valence-corrected chi connectivity index (χ3v) is 5.67. The Hall–Kier alpha value is -3.02. The van der Waals surface area contributed by atoms with E-state index >= 15 is 0 Å². The number of H-pyrrole nitrogens is 2. The molecule has 4 aromatic rings. The normalized spacial score (nSPS) is 14.0. The molecule has 0 radical (unpaired) electrons. The third kappa shape index (κ3) is 2.32. The molecule has 0 aliphatic heterocycles. The van der Waals surface area contributed by atoms with Crippen LogP contribution in [0.15, 0.2) is 18.3 Å². The molecule has 0 saturated carbocycles. The van der Waals surface area contributed by atoms with E-state index in [9.17, 15) is 4.79 Å². The summed E-state index contributed by atoms with van der Waals surface area (Å²) in [5.41, 5.74) is 8.09. The first-order chi connectivity index (χ1) is 13.2. The van der Waals surface area contributed by atoms with Crippen LogP contribution in [0.3, 0.4) is 0 Å². The molecule has 3 heterocycles. The highest BCUT2D eigenvalue weighted by atomic mass is 16.1. The van der Waals surface area contributed by atoms with Crippen molar-refractivity contribution in [2.24, 2.45) is 0 Å². The van der Waals surface area contributed by atoms with Crippen molar-refractivity contribution in [3.05, 3.63) is 40.8 Å². The summed E-state index contributed by atoms with van der Waals surface area (Å²) in [6.45, 7) is 3.90. The van der Waals surface area contributed by atoms with Gasteiger partial charge in [0.2, 0.25) is 0 Å². The second-order valence-electron chi connectivity index (χ2n) is 7.26. The summed E-state index contributed by atoms with van der Waals surface area (Å²) < 4.78 is 0. The number of rotatable bonds is 3. The Balaban J connectivity index is 1.92. The Morgan fingerprint density at radius 3 is 2.67 bits per heavy atom. The molecule has 0 spiro atoms. The number of hydrogen-bond acceptors (Lipinski definition) is 4. The van der Waals surface area contributed by atoms with Crippen LogP contribution in [0.1, 0.15) is 53.5 Å². The van der Waals surface area contributed by atoms with Gasteiger partial charge in [0.1, 0.15) is 5.69 Å². The van der Waals surface area contributed by atoms with Crippen LogP contribution in [0.4, 0.5) is 0 Å². The largest absolute Gasteiger partial charge is 0.292 e. The van der Waals surface area contributed by atoms with Gasteiger partial charge in [-0.15, -0.1) is 0 Å². The average molecular weight is 359 g/mol. The number of aryl methyl sites for hydroxylation is 2. The van der Waals surface area contributed by atoms with Crippen molar-refractivity contribution in [3.8, 4) is 11.3 Å². The monoisotopic (exact) mass is 359 g/mol. The number of aromatic amines is 2. The lowest BCUT2D eigenvalue weighted by molar-refractivity contribution is 0.0985. The molecule has 0 fully saturated rings. The molecule has 1 aliphatic carbocycles. The molecule has 6 nitrogen and oxygen atoms in total. The maximum Gasteiger partial charge on any atom is 0.183 e. The van der Waals surface area contributed by atoms with Crippen molar-refractivity contribution in [3.63, 3.8) is 0 Å². The molecule has 0 unspecified atom stereocenters. The minimum Gasteiger partial charge on any atom is -0.292 e. The molecule has 1 aliphatic rings. The zero-order valence-corrected chi connectivity index (χ0v) is 15.5. The maximum atomic E-state index is 12.5. The van der Waals surface area contributed by atoms with E-state index < -0.39 is 0 Å². The fraction of sp³-hybridized carbons (Fsp3) is 0.333. The predicted molar refractivity (Wildman–Crippen MR) is 105 cm³/mol. The first-order valence-electron chi connectivity index (χ1n) is 9.55. The molecule has 0 bridgehead atoms. The van der Waals surface area contributed by atoms with E-state index in [1.54, 1.807) is 0 Å². The van der Waals surface area contributed by atoms with Crippen LogP contribution in [0.25, 0.3) is 33.1 Å². The van der Waals surface area contributed by atoms with Gasteiger partial charge < -0.3 is 0 Å².